The molecule has 0 radical (unpaired) electrons. The maximum Gasteiger partial charge on any atom is 0.258 e. The van der Waals surface area contributed by atoms with Crippen molar-refractivity contribution in [3.63, 3.8) is 0 Å². The van der Waals surface area contributed by atoms with E-state index >= 15 is 0 Å². The third-order valence-electron chi connectivity index (χ3n) is 4.04. The second-order valence-corrected chi connectivity index (χ2v) is 6.76. The fourth-order valence-corrected chi connectivity index (χ4v) is 3.65. The van der Waals surface area contributed by atoms with Crippen LogP contribution < -0.4 is 5.56 Å². The molecule has 4 rings (SSSR count). The van der Waals surface area contributed by atoms with E-state index in [1.807, 2.05) is 43.7 Å². The summed E-state index contributed by atoms with van der Waals surface area (Å²) in [7, 11) is 2.03. The van der Waals surface area contributed by atoms with Gasteiger partial charge in [0.25, 0.3) is 5.56 Å². The largest absolute Gasteiger partial charge is 0.302 e. The molecule has 0 aromatic carbocycles. The number of thiazole rings is 1. The normalized spacial score (nSPS) is 11.8. The highest BCUT2D eigenvalue weighted by Gasteiger charge is 2.12. The van der Waals surface area contributed by atoms with E-state index in [0.29, 0.717) is 6.54 Å². The standard InChI is InChI=1S/C17H17N5OS/c1-12-14(21-6-4-3-5-15(21)18-12)11-20(2)10-13-9-16(23)22-7-8-24-17(22)19-13/h3-9H,10-11H2,1-2H3. The lowest BCUT2D eigenvalue weighted by molar-refractivity contribution is 0.309. The Kier molecular flexibility index (Phi) is 3.66. The van der Waals surface area contributed by atoms with Crippen molar-refractivity contribution in [1.82, 2.24) is 23.7 Å². The molecule has 24 heavy (non-hydrogen) atoms. The Morgan fingerprint density at radius 2 is 2.04 bits per heavy atom. The van der Waals surface area contributed by atoms with E-state index in [9.17, 15) is 4.79 Å². The molecule has 0 aliphatic rings. The Labute approximate surface area is 142 Å². The van der Waals surface area contributed by atoms with E-state index in [1.54, 1.807) is 16.7 Å². The fourth-order valence-electron chi connectivity index (χ4n) is 2.91. The van der Waals surface area contributed by atoms with Crippen LogP contribution >= 0.6 is 11.3 Å². The van der Waals surface area contributed by atoms with Crippen molar-refractivity contribution in [2.45, 2.75) is 20.0 Å². The molecule has 0 aliphatic heterocycles. The first kappa shape index (κ1) is 15.0. The lowest BCUT2D eigenvalue weighted by Gasteiger charge is -2.16. The van der Waals surface area contributed by atoms with E-state index in [1.165, 1.54) is 11.3 Å². The Balaban J connectivity index is 1.60. The van der Waals surface area contributed by atoms with Gasteiger partial charge in [0, 0.05) is 36.9 Å². The van der Waals surface area contributed by atoms with Gasteiger partial charge in [-0.2, -0.15) is 0 Å². The lowest BCUT2D eigenvalue weighted by Crippen LogP contribution is -2.22. The number of hydrogen-bond acceptors (Lipinski definition) is 5. The van der Waals surface area contributed by atoms with Crippen molar-refractivity contribution in [2.24, 2.45) is 0 Å². The zero-order chi connectivity index (χ0) is 16.7. The molecular weight excluding hydrogens is 322 g/mol. The first-order valence-electron chi connectivity index (χ1n) is 7.69. The topological polar surface area (TPSA) is 54.9 Å². The number of hydrogen-bond donors (Lipinski definition) is 0. The molecule has 0 spiro atoms. The van der Waals surface area contributed by atoms with Gasteiger partial charge in [0.1, 0.15) is 5.65 Å². The van der Waals surface area contributed by atoms with E-state index in [-0.39, 0.29) is 5.56 Å². The molecule has 6 nitrogen and oxygen atoms in total. The zero-order valence-electron chi connectivity index (χ0n) is 13.5. The Morgan fingerprint density at radius 1 is 1.17 bits per heavy atom. The van der Waals surface area contributed by atoms with Crippen molar-refractivity contribution in [2.75, 3.05) is 7.05 Å². The van der Waals surface area contributed by atoms with E-state index in [0.717, 1.165) is 34.2 Å². The lowest BCUT2D eigenvalue weighted by atomic mass is 10.3. The van der Waals surface area contributed by atoms with Crippen molar-refractivity contribution in [3.05, 3.63) is 69.5 Å². The van der Waals surface area contributed by atoms with Crippen molar-refractivity contribution >= 4 is 21.9 Å². The third-order valence-corrected chi connectivity index (χ3v) is 4.79. The maximum absolute atomic E-state index is 12.1. The van der Waals surface area contributed by atoms with Crippen LogP contribution in [0.2, 0.25) is 0 Å². The summed E-state index contributed by atoms with van der Waals surface area (Å²) in [5.41, 5.74) is 3.89. The van der Waals surface area contributed by atoms with E-state index < -0.39 is 0 Å². The third kappa shape index (κ3) is 2.61. The second-order valence-electron chi connectivity index (χ2n) is 5.89. The number of aryl methyl sites for hydroxylation is 1. The molecule has 0 N–H and O–H groups in total. The Bertz CT molecular complexity index is 1080. The molecule has 0 bridgehead atoms. The summed E-state index contributed by atoms with van der Waals surface area (Å²) in [5, 5.41) is 1.87. The summed E-state index contributed by atoms with van der Waals surface area (Å²) in [6.45, 7) is 3.38. The van der Waals surface area contributed by atoms with Gasteiger partial charge in [0.05, 0.1) is 17.1 Å². The van der Waals surface area contributed by atoms with Gasteiger partial charge in [-0.15, -0.1) is 11.3 Å². The molecule has 4 aromatic heterocycles. The number of aromatic nitrogens is 4. The highest BCUT2D eigenvalue weighted by molar-refractivity contribution is 7.15. The summed E-state index contributed by atoms with van der Waals surface area (Å²) in [6, 6.07) is 7.61. The van der Waals surface area contributed by atoms with Gasteiger partial charge in [-0.25, -0.2) is 9.97 Å². The molecule has 0 saturated carbocycles. The fraction of sp³-hybridized carbons (Fsp3) is 0.235. The van der Waals surface area contributed by atoms with Gasteiger partial charge >= 0.3 is 0 Å². The van der Waals surface area contributed by atoms with Crippen molar-refractivity contribution < 1.29 is 0 Å². The van der Waals surface area contributed by atoms with Crippen LogP contribution in [0.3, 0.4) is 0 Å². The molecule has 0 saturated heterocycles. The molecule has 122 valence electrons. The highest BCUT2D eigenvalue weighted by Crippen LogP contribution is 2.15. The average Bonchev–Trinajstić information content (AvgIpc) is 3.13. The summed E-state index contributed by atoms with van der Waals surface area (Å²) in [4.78, 5) is 24.1. The zero-order valence-corrected chi connectivity index (χ0v) is 14.3. The van der Waals surface area contributed by atoms with Crippen LogP contribution in [0, 0.1) is 6.92 Å². The molecule has 0 fully saturated rings. The number of imidazole rings is 1. The molecular formula is C17H17N5OS. The number of fused-ring (bicyclic) bond motifs is 2. The minimum atomic E-state index is -0.0318. The maximum atomic E-state index is 12.1. The van der Waals surface area contributed by atoms with Crippen LogP contribution in [-0.4, -0.2) is 30.7 Å². The van der Waals surface area contributed by atoms with Crippen molar-refractivity contribution in [1.29, 1.82) is 0 Å². The molecule has 0 aliphatic carbocycles. The summed E-state index contributed by atoms with van der Waals surface area (Å²) in [5.74, 6) is 0. The van der Waals surface area contributed by atoms with E-state index in [2.05, 4.69) is 19.3 Å². The van der Waals surface area contributed by atoms with Crippen molar-refractivity contribution in [3.8, 4) is 0 Å². The number of rotatable bonds is 4. The van der Waals surface area contributed by atoms with Gasteiger partial charge in [-0.3, -0.25) is 14.1 Å². The molecule has 0 amide bonds. The van der Waals surface area contributed by atoms with Gasteiger partial charge in [-0.1, -0.05) is 6.07 Å². The van der Waals surface area contributed by atoms with Crippen LogP contribution in [0.1, 0.15) is 17.1 Å². The van der Waals surface area contributed by atoms with Crippen LogP contribution in [0.15, 0.2) is 46.8 Å². The molecule has 0 atom stereocenters. The number of nitrogens with zero attached hydrogens (tertiary/aromatic N) is 5. The predicted molar refractivity (Wildman–Crippen MR) is 94.4 cm³/mol. The monoisotopic (exact) mass is 339 g/mol. The molecule has 4 heterocycles. The van der Waals surface area contributed by atoms with Crippen LogP contribution in [0.25, 0.3) is 10.6 Å². The molecule has 0 unspecified atom stereocenters. The number of pyridine rings is 1. The summed E-state index contributed by atoms with van der Waals surface area (Å²) in [6.07, 6.45) is 3.78. The second kappa shape index (κ2) is 5.85. The first-order valence-corrected chi connectivity index (χ1v) is 8.56. The Hall–Kier alpha value is -2.51. The van der Waals surface area contributed by atoms with Gasteiger partial charge < -0.3 is 4.40 Å². The summed E-state index contributed by atoms with van der Waals surface area (Å²) >= 11 is 1.47. The quantitative estimate of drug-likeness (QED) is 0.573. The molecule has 4 aromatic rings. The van der Waals surface area contributed by atoms with Crippen LogP contribution in [-0.2, 0) is 13.1 Å². The van der Waals surface area contributed by atoms with Gasteiger partial charge in [0.2, 0.25) is 0 Å². The Morgan fingerprint density at radius 3 is 2.92 bits per heavy atom. The summed E-state index contributed by atoms with van der Waals surface area (Å²) < 4.78 is 3.68. The highest BCUT2D eigenvalue weighted by atomic mass is 32.1. The van der Waals surface area contributed by atoms with Crippen LogP contribution in [0.5, 0.6) is 0 Å². The SMILES string of the molecule is Cc1nc2ccccn2c1CN(C)Cc1cc(=O)n2ccsc2n1. The minimum Gasteiger partial charge on any atom is -0.302 e. The predicted octanol–water partition coefficient (Wildman–Crippen LogP) is 2.34. The van der Waals surface area contributed by atoms with E-state index in [4.69, 9.17) is 0 Å². The van der Waals surface area contributed by atoms with Gasteiger partial charge in [-0.05, 0) is 26.1 Å². The minimum absolute atomic E-state index is 0.0318. The van der Waals surface area contributed by atoms with Gasteiger partial charge in [0.15, 0.2) is 4.96 Å². The smallest absolute Gasteiger partial charge is 0.258 e. The first-order chi connectivity index (χ1) is 11.6. The molecule has 7 heteroatoms. The van der Waals surface area contributed by atoms with Crippen LogP contribution in [0.4, 0.5) is 0 Å². The average molecular weight is 339 g/mol.